The molecule has 0 aliphatic heterocycles. The van der Waals surface area contributed by atoms with Gasteiger partial charge in [0, 0.05) is 18.7 Å². The highest BCUT2D eigenvalue weighted by Crippen LogP contribution is 2.15. The monoisotopic (exact) mass is 271 g/mol. The summed E-state index contributed by atoms with van der Waals surface area (Å²) in [7, 11) is 0. The van der Waals surface area contributed by atoms with Crippen LogP contribution in [-0.2, 0) is 11.2 Å². The van der Waals surface area contributed by atoms with Crippen molar-refractivity contribution in [2.45, 2.75) is 19.8 Å². The van der Waals surface area contributed by atoms with Crippen molar-refractivity contribution in [2.24, 2.45) is 0 Å². The molecule has 2 aromatic rings. The maximum atomic E-state index is 12.8. The number of hydrogen-bond acceptors (Lipinski definition) is 1. The number of halogens is 1. The molecule has 20 heavy (non-hydrogen) atoms. The highest BCUT2D eigenvalue weighted by atomic mass is 19.1. The molecule has 0 saturated carbocycles. The number of amides is 1. The first kappa shape index (κ1) is 14.3. The van der Waals surface area contributed by atoms with Gasteiger partial charge >= 0.3 is 0 Å². The van der Waals surface area contributed by atoms with Crippen LogP contribution in [0.25, 0.3) is 0 Å². The quantitative estimate of drug-likeness (QED) is 0.809. The molecule has 0 N–H and O–H groups in total. The molecule has 0 fully saturated rings. The molecule has 0 heterocycles. The number of rotatable bonds is 5. The number of para-hydroxylation sites is 1. The Bertz CT molecular complexity index is 551. The van der Waals surface area contributed by atoms with E-state index < -0.39 is 0 Å². The normalized spacial score (nSPS) is 10.3. The van der Waals surface area contributed by atoms with Gasteiger partial charge in [0.05, 0.1) is 0 Å². The van der Waals surface area contributed by atoms with Crippen LogP contribution in [0.3, 0.4) is 0 Å². The van der Waals surface area contributed by atoms with Crippen LogP contribution in [0.5, 0.6) is 0 Å². The van der Waals surface area contributed by atoms with Gasteiger partial charge in [0.15, 0.2) is 0 Å². The molecule has 0 radical (unpaired) electrons. The van der Waals surface area contributed by atoms with Gasteiger partial charge in [-0.2, -0.15) is 0 Å². The SMILES string of the molecule is CCN(C(=O)CCc1ccc(F)cc1)c1ccccc1. The van der Waals surface area contributed by atoms with Crippen LogP contribution >= 0.6 is 0 Å². The molecule has 2 rings (SSSR count). The maximum Gasteiger partial charge on any atom is 0.227 e. The van der Waals surface area contributed by atoms with Crippen LogP contribution in [0.2, 0.25) is 0 Å². The topological polar surface area (TPSA) is 20.3 Å². The van der Waals surface area contributed by atoms with E-state index in [0.717, 1.165) is 11.3 Å². The summed E-state index contributed by atoms with van der Waals surface area (Å²) in [6, 6.07) is 15.9. The Balaban J connectivity index is 1.98. The fourth-order valence-electron chi connectivity index (χ4n) is 2.15. The van der Waals surface area contributed by atoms with Crippen molar-refractivity contribution in [3.05, 3.63) is 66.0 Å². The summed E-state index contributed by atoms with van der Waals surface area (Å²) >= 11 is 0. The zero-order valence-corrected chi connectivity index (χ0v) is 11.6. The van der Waals surface area contributed by atoms with E-state index in [9.17, 15) is 9.18 Å². The van der Waals surface area contributed by atoms with E-state index >= 15 is 0 Å². The van der Waals surface area contributed by atoms with Crippen molar-refractivity contribution in [3.63, 3.8) is 0 Å². The molecule has 2 aromatic carbocycles. The molecule has 0 unspecified atom stereocenters. The summed E-state index contributed by atoms with van der Waals surface area (Å²) in [5, 5.41) is 0. The minimum Gasteiger partial charge on any atom is -0.313 e. The number of hydrogen-bond donors (Lipinski definition) is 0. The molecule has 1 amide bonds. The molecule has 0 aliphatic carbocycles. The lowest BCUT2D eigenvalue weighted by molar-refractivity contribution is -0.118. The van der Waals surface area contributed by atoms with Crippen molar-refractivity contribution in [3.8, 4) is 0 Å². The summed E-state index contributed by atoms with van der Waals surface area (Å²) in [6.45, 7) is 2.61. The molecule has 0 bridgehead atoms. The second kappa shape index (κ2) is 6.85. The average Bonchev–Trinajstić information content (AvgIpc) is 2.48. The first-order chi connectivity index (χ1) is 9.70. The van der Waals surface area contributed by atoms with E-state index in [2.05, 4.69) is 0 Å². The minimum atomic E-state index is -0.250. The molecule has 3 heteroatoms. The van der Waals surface area contributed by atoms with E-state index in [1.807, 2.05) is 37.3 Å². The molecule has 104 valence electrons. The lowest BCUT2D eigenvalue weighted by Crippen LogP contribution is -2.30. The number of carbonyl (C=O) groups is 1. The van der Waals surface area contributed by atoms with Crippen LogP contribution in [0.15, 0.2) is 54.6 Å². The number of aryl methyl sites for hydroxylation is 1. The number of benzene rings is 2. The lowest BCUT2D eigenvalue weighted by Gasteiger charge is -2.21. The van der Waals surface area contributed by atoms with Crippen molar-refractivity contribution in [2.75, 3.05) is 11.4 Å². The van der Waals surface area contributed by atoms with Gasteiger partial charge in [-0.05, 0) is 43.2 Å². The van der Waals surface area contributed by atoms with Gasteiger partial charge in [-0.1, -0.05) is 30.3 Å². The maximum absolute atomic E-state index is 12.8. The summed E-state index contributed by atoms with van der Waals surface area (Å²) in [5.74, 6) is -0.164. The zero-order chi connectivity index (χ0) is 14.4. The first-order valence-corrected chi connectivity index (χ1v) is 6.80. The average molecular weight is 271 g/mol. The predicted molar refractivity (Wildman–Crippen MR) is 79.2 cm³/mol. The Labute approximate surface area is 118 Å². The number of anilines is 1. The van der Waals surface area contributed by atoms with Gasteiger partial charge in [0.25, 0.3) is 0 Å². The van der Waals surface area contributed by atoms with Crippen LogP contribution in [0, 0.1) is 5.82 Å². The predicted octanol–water partition coefficient (Wildman–Crippen LogP) is 3.81. The fraction of sp³-hybridized carbons (Fsp3) is 0.235. The Morgan fingerprint density at radius 2 is 1.70 bits per heavy atom. The second-order valence-corrected chi connectivity index (χ2v) is 4.60. The third-order valence-corrected chi connectivity index (χ3v) is 3.23. The minimum absolute atomic E-state index is 0.0861. The standard InChI is InChI=1S/C17H18FNO/c1-2-19(16-6-4-3-5-7-16)17(20)13-10-14-8-11-15(18)12-9-14/h3-9,11-12H,2,10,13H2,1H3. The Kier molecular flexibility index (Phi) is 4.88. The highest BCUT2D eigenvalue weighted by molar-refractivity contribution is 5.93. The van der Waals surface area contributed by atoms with Crippen LogP contribution in [0.4, 0.5) is 10.1 Å². The van der Waals surface area contributed by atoms with Crippen molar-refractivity contribution >= 4 is 11.6 Å². The van der Waals surface area contributed by atoms with Crippen molar-refractivity contribution in [1.82, 2.24) is 0 Å². The summed E-state index contributed by atoms with van der Waals surface area (Å²) in [5.41, 5.74) is 1.89. The molecule has 0 aliphatic rings. The van der Waals surface area contributed by atoms with E-state index in [-0.39, 0.29) is 11.7 Å². The van der Waals surface area contributed by atoms with E-state index in [4.69, 9.17) is 0 Å². The van der Waals surface area contributed by atoms with Crippen LogP contribution < -0.4 is 4.90 Å². The molecule has 0 aromatic heterocycles. The summed E-state index contributed by atoms with van der Waals surface area (Å²) in [6.07, 6.45) is 1.05. The third-order valence-electron chi connectivity index (χ3n) is 3.23. The number of carbonyl (C=O) groups excluding carboxylic acids is 1. The Morgan fingerprint density at radius 3 is 2.30 bits per heavy atom. The molecular weight excluding hydrogens is 253 g/mol. The van der Waals surface area contributed by atoms with E-state index in [0.29, 0.717) is 19.4 Å². The summed E-state index contributed by atoms with van der Waals surface area (Å²) < 4.78 is 12.8. The van der Waals surface area contributed by atoms with Crippen LogP contribution in [0.1, 0.15) is 18.9 Å². The number of nitrogens with zero attached hydrogens (tertiary/aromatic N) is 1. The first-order valence-electron chi connectivity index (χ1n) is 6.80. The van der Waals surface area contributed by atoms with Gasteiger partial charge in [0.2, 0.25) is 5.91 Å². The van der Waals surface area contributed by atoms with E-state index in [1.54, 1.807) is 17.0 Å². The summed E-state index contributed by atoms with van der Waals surface area (Å²) in [4.78, 5) is 14.0. The van der Waals surface area contributed by atoms with Crippen LogP contribution in [-0.4, -0.2) is 12.5 Å². The molecule has 0 atom stereocenters. The third kappa shape index (κ3) is 3.67. The van der Waals surface area contributed by atoms with Crippen molar-refractivity contribution < 1.29 is 9.18 Å². The fourth-order valence-corrected chi connectivity index (χ4v) is 2.15. The Morgan fingerprint density at radius 1 is 1.05 bits per heavy atom. The smallest absolute Gasteiger partial charge is 0.227 e. The lowest BCUT2D eigenvalue weighted by atomic mass is 10.1. The molecular formula is C17H18FNO. The van der Waals surface area contributed by atoms with Gasteiger partial charge in [-0.3, -0.25) is 4.79 Å². The Hall–Kier alpha value is -2.16. The van der Waals surface area contributed by atoms with Gasteiger partial charge < -0.3 is 4.90 Å². The second-order valence-electron chi connectivity index (χ2n) is 4.60. The van der Waals surface area contributed by atoms with E-state index in [1.165, 1.54) is 12.1 Å². The van der Waals surface area contributed by atoms with Gasteiger partial charge in [-0.25, -0.2) is 4.39 Å². The molecule has 0 saturated heterocycles. The van der Waals surface area contributed by atoms with Gasteiger partial charge in [0.1, 0.15) is 5.82 Å². The largest absolute Gasteiger partial charge is 0.313 e. The van der Waals surface area contributed by atoms with Gasteiger partial charge in [-0.15, -0.1) is 0 Å². The highest BCUT2D eigenvalue weighted by Gasteiger charge is 2.13. The zero-order valence-electron chi connectivity index (χ0n) is 11.6. The molecule has 2 nitrogen and oxygen atoms in total. The molecule has 0 spiro atoms. The van der Waals surface area contributed by atoms with Crippen molar-refractivity contribution in [1.29, 1.82) is 0 Å².